The molecule has 2 atom stereocenters. The number of rotatable bonds is 8. The van der Waals surface area contributed by atoms with Crippen LogP contribution in [0.1, 0.15) is 75.7 Å². The summed E-state index contributed by atoms with van der Waals surface area (Å²) in [5.74, 6) is 0.420. The summed E-state index contributed by atoms with van der Waals surface area (Å²) in [5.41, 5.74) is 2.19. The number of hydrogen-bond acceptors (Lipinski definition) is 4. The van der Waals surface area contributed by atoms with Gasteiger partial charge in [0.15, 0.2) is 0 Å². The number of likely N-dealkylation sites (tertiary alicyclic amines) is 1. The Morgan fingerprint density at radius 1 is 1.17 bits per heavy atom. The molecule has 35 heavy (non-hydrogen) atoms. The van der Waals surface area contributed by atoms with E-state index in [1.807, 2.05) is 30.0 Å². The van der Waals surface area contributed by atoms with E-state index >= 15 is 0 Å². The van der Waals surface area contributed by atoms with Crippen molar-refractivity contribution in [2.75, 3.05) is 19.6 Å². The van der Waals surface area contributed by atoms with Crippen LogP contribution in [0.15, 0.2) is 30.3 Å². The number of benzene rings is 1. The third kappa shape index (κ3) is 4.98. The first-order valence-electron chi connectivity index (χ1n) is 12.9. The van der Waals surface area contributed by atoms with Gasteiger partial charge in [-0.1, -0.05) is 69.1 Å². The van der Waals surface area contributed by atoms with Gasteiger partial charge >= 0.3 is 0 Å². The third-order valence-electron chi connectivity index (χ3n) is 7.58. The largest absolute Gasteiger partial charge is 0.342 e. The smallest absolute Gasteiger partial charge is 0.246 e. The monoisotopic (exact) mass is 499 g/mol. The molecule has 2 N–H and O–H groups in total. The van der Waals surface area contributed by atoms with Crippen LogP contribution in [0.4, 0.5) is 0 Å². The van der Waals surface area contributed by atoms with Gasteiger partial charge in [-0.05, 0) is 44.1 Å². The number of aryl methyl sites for hydroxylation is 1. The standard InChI is InChI=1S/C27H38ClN5O2/c1-5-6-14-33-25(34)21(17-18(2)3)29-26(35)27(33)12-15-32(16-13-27)23(20-10-8-7-9-11-20)22-19(4)30-31-24(22)28/h7-11,18,21,23H,5-6,12-17H2,1-4H3,(H,29,35)(H,30,31)/t21-,23?/m0/s1. The summed E-state index contributed by atoms with van der Waals surface area (Å²) in [4.78, 5) is 31.5. The topological polar surface area (TPSA) is 81.3 Å². The number of H-pyrrole nitrogens is 1. The molecule has 0 bridgehead atoms. The average molecular weight is 500 g/mol. The fraction of sp³-hybridized carbons (Fsp3) is 0.593. The first-order chi connectivity index (χ1) is 16.8. The van der Waals surface area contributed by atoms with Gasteiger partial charge in [0.25, 0.3) is 0 Å². The van der Waals surface area contributed by atoms with Crippen molar-refractivity contribution < 1.29 is 9.59 Å². The molecule has 2 amide bonds. The number of nitrogens with zero attached hydrogens (tertiary/aromatic N) is 3. The SMILES string of the molecule is CCCCN1C(=O)[C@H](CC(C)C)NC(=O)C12CCN(C(c1ccccc1)c1c(C)n[nH]c1Cl)CC2. The molecule has 2 aliphatic rings. The van der Waals surface area contributed by atoms with Crippen LogP contribution in [0.3, 0.4) is 0 Å². The van der Waals surface area contributed by atoms with Crippen LogP contribution in [0.2, 0.25) is 5.15 Å². The summed E-state index contributed by atoms with van der Waals surface area (Å²) >= 11 is 6.57. The van der Waals surface area contributed by atoms with Crippen molar-refractivity contribution in [2.24, 2.45) is 5.92 Å². The second-order valence-corrected chi connectivity index (χ2v) is 10.8. The first kappa shape index (κ1) is 25.7. The molecule has 0 radical (unpaired) electrons. The highest BCUT2D eigenvalue weighted by molar-refractivity contribution is 6.30. The zero-order valence-corrected chi connectivity index (χ0v) is 22.1. The number of carbonyl (C=O) groups excluding carboxylic acids is 2. The van der Waals surface area contributed by atoms with Crippen molar-refractivity contribution in [3.05, 3.63) is 52.3 Å². The third-order valence-corrected chi connectivity index (χ3v) is 7.87. The second-order valence-electron chi connectivity index (χ2n) is 10.4. The van der Waals surface area contributed by atoms with E-state index in [4.69, 9.17) is 11.6 Å². The fourth-order valence-electron chi connectivity index (χ4n) is 5.72. The van der Waals surface area contributed by atoms with Crippen molar-refractivity contribution >= 4 is 23.4 Å². The molecule has 1 unspecified atom stereocenters. The molecule has 1 aromatic heterocycles. The van der Waals surface area contributed by atoms with E-state index in [0.29, 0.717) is 50.0 Å². The van der Waals surface area contributed by atoms with Crippen molar-refractivity contribution in [1.82, 2.24) is 25.3 Å². The molecule has 2 fully saturated rings. The molecule has 7 nitrogen and oxygen atoms in total. The summed E-state index contributed by atoms with van der Waals surface area (Å²) in [7, 11) is 0. The van der Waals surface area contributed by atoms with Crippen molar-refractivity contribution in [1.29, 1.82) is 0 Å². The van der Waals surface area contributed by atoms with Gasteiger partial charge in [0.2, 0.25) is 11.8 Å². The number of hydrogen-bond donors (Lipinski definition) is 2. The number of carbonyl (C=O) groups is 2. The number of halogens is 1. The van der Waals surface area contributed by atoms with Gasteiger partial charge in [0, 0.05) is 25.2 Å². The molecule has 1 spiro atoms. The molecule has 8 heteroatoms. The van der Waals surface area contributed by atoms with Crippen LogP contribution >= 0.6 is 11.6 Å². The van der Waals surface area contributed by atoms with Gasteiger partial charge in [-0.15, -0.1) is 0 Å². The van der Waals surface area contributed by atoms with Crippen molar-refractivity contribution in [3.63, 3.8) is 0 Å². The van der Waals surface area contributed by atoms with E-state index in [1.165, 1.54) is 0 Å². The predicted molar refractivity (Wildman–Crippen MR) is 138 cm³/mol. The number of piperazine rings is 1. The van der Waals surface area contributed by atoms with E-state index in [1.54, 1.807) is 0 Å². The number of amides is 2. The van der Waals surface area contributed by atoms with Crippen molar-refractivity contribution in [2.45, 2.75) is 77.4 Å². The molecular weight excluding hydrogens is 462 g/mol. The van der Waals surface area contributed by atoms with Gasteiger partial charge < -0.3 is 10.2 Å². The molecule has 190 valence electrons. The van der Waals surface area contributed by atoms with E-state index in [2.05, 4.69) is 53.3 Å². The molecule has 0 aliphatic carbocycles. The van der Waals surface area contributed by atoms with Crippen LogP contribution in [-0.4, -0.2) is 63.0 Å². The molecule has 1 aromatic carbocycles. The minimum Gasteiger partial charge on any atom is -0.342 e. The van der Waals surface area contributed by atoms with Crippen LogP contribution in [-0.2, 0) is 9.59 Å². The normalized spacial score (nSPS) is 21.5. The molecule has 3 heterocycles. The zero-order valence-electron chi connectivity index (χ0n) is 21.3. The molecular formula is C27H38ClN5O2. The minimum absolute atomic E-state index is 0.00675. The Bertz CT molecular complexity index is 1010. The maximum absolute atomic E-state index is 13.6. The number of unbranched alkanes of at least 4 members (excludes halogenated alkanes) is 1. The Balaban J connectivity index is 1.62. The van der Waals surface area contributed by atoms with Gasteiger partial charge in [0.1, 0.15) is 16.7 Å². The van der Waals surface area contributed by atoms with E-state index in [9.17, 15) is 9.59 Å². The Kier molecular flexibility index (Phi) is 7.86. The Hall–Kier alpha value is -2.38. The van der Waals surface area contributed by atoms with Gasteiger partial charge in [0.05, 0.1) is 11.7 Å². The Morgan fingerprint density at radius 2 is 1.86 bits per heavy atom. The Labute approximate surface area is 213 Å². The van der Waals surface area contributed by atoms with Gasteiger partial charge in [-0.2, -0.15) is 5.10 Å². The van der Waals surface area contributed by atoms with Crippen molar-refractivity contribution in [3.8, 4) is 0 Å². The number of piperidine rings is 1. The number of nitrogens with one attached hydrogen (secondary N) is 2. The minimum atomic E-state index is -0.785. The maximum Gasteiger partial charge on any atom is 0.246 e. The Morgan fingerprint density at radius 3 is 2.43 bits per heavy atom. The first-order valence-corrected chi connectivity index (χ1v) is 13.3. The predicted octanol–water partition coefficient (Wildman–Crippen LogP) is 4.47. The molecule has 2 saturated heterocycles. The molecule has 0 saturated carbocycles. The van der Waals surface area contributed by atoms with Gasteiger partial charge in [-0.25, -0.2) is 0 Å². The highest BCUT2D eigenvalue weighted by Crippen LogP contribution is 2.40. The lowest BCUT2D eigenvalue weighted by atomic mass is 9.79. The lowest BCUT2D eigenvalue weighted by Gasteiger charge is -2.52. The quantitative estimate of drug-likeness (QED) is 0.561. The van der Waals surface area contributed by atoms with Crippen LogP contribution in [0.5, 0.6) is 0 Å². The fourth-order valence-corrected chi connectivity index (χ4v) is 6.00. The van der Waals surface area contributed by atoms with E-state index in [0.717, 1.165) is 29.7 Å². The molecule has 2 aromatic rings. The summed E-state index contributed by atoms with van der Waals surface area (Å²) in [6, 6.07) is 9.80. The van der Waals surface area contributed by atoms with Gasteiger partial charge in [-0.3, -0.25) is 19.6 Å². The zero-order chi connectivity index (χ0) is 25.2. The van der Waals surface area contributed by atoms with Crippen LogP contribution < -0.4 is 5.32 Å². The average Bonchev–Trinajstić information content (AvgIpc) is 3.17. The van der Waals surface area contributed by atoms with Crippen LogP contribution in [0, 0.1) is 12.8 Å². The maximum atomic E-state index is 13.6. The number of aromatic nitrogens is 2. The van der Waals surface area contributed by atoms with E-state index < -0.39 is 11.6 Å². The summed E-state index contributed by atoms with van der Waals surface area (Å²) < 4.78 is 0. The van der Waals surface area contributed by atoms with Crippen LogP contribution in [0.25, 0.3) is 0 Å². The summed E-state index contributed by atoms with van der Waals surface area (Å²) in [6.45, 7) is 10.3. The highest BCUT2D eigenvalue weighted by atomic mass is 35.5. The second kappa shape index (κ2) is 10.7. The molecule has 4 rings (SSSR count). The van der Waals surface area contributed by atoms with E-state index in [-0.39, 0.29) is 17.9 Å². The number of aromatic amines is 1. The summed E-state index contributed by atoms with van der Waals surface area (Å²) in [5, 5.41) is 10.9. The summed E-state index contributed by atoms with van der Waals surface area (Å²) in [6.07, 6.45) is 3.75. The lowest BCUT2D eigenvalue weighted by molar-refractivity contribution is -0.162. The molecule has 2 aliphatic heterocycles. The highest BCUT2D eigenvalue weighted by Gasteiger charge is 2.54. The lowest BCUT2D eigenvalue weighted by Crippen LogP contribution is -2.73.